The maximum absolute atomic E-state index is 6.02. The summed E-state index contributed by atoms with van der Waals surface area (Å²) in [5.41, 5.74) is 8.81. The van der Waals surface area contributed by atoms with Gasteiger partial charge in [-0.2, -0.15) is 5.10 Å². The number of anilines is 2. The van der Waals surface area contributed by atoms with Gasteiger partial charge in [-0.15, -0.1) is 5.10 Å². The first kappa shape index (κ1) is 15.5. The normalized spacial score (nSPS) is 10.3. The highest BCUT2D eigenvalue weighted by atomic mass is 35.5. The first-order valence-corrected chi connectivity index (χ1v) is 6.97. The van der Waals surface area contributed by atoms with Gasteiger partial charge in [0.05, 0.1) is 24.1 Å². The maximum Gasteiger partial charge on any atom is 0.163 e. The Labute approximate surface area is 133 Å². The quantitative estimate of drug-likeness (QED) is 0.842. The molecule has 110 valence electrons. The fraction of sp³-hybridized carbons (Fsp3) is 0.214. The van der Waals surface area contributed by atoms with E-state index in [1.165, 1.54) is 0 Å². The Hall–Kier alpha value is -1.92. The number of methoxy groups -OCH3 is 1. The first-order valence-electron chi connectivity index (χ1n) is 6.18. The lowest BCUT2D eigenvalue weighted by atomic mass is 10.1. The second-order valence-electron chi connectivity index (χ2n) is 4.47. The van der Waals surface area contributed by atoms with Gasteiger partial charge in [0.25, 0.3) is 0 Å². The number of aromatic nitrogens is 2. The van der Waals surface area contributed by atoms with Gasteiger partial charge in [-0.1, -0.05) is 23.8 Å². The molecule has 7 heteroatoms. The Kier molecular flexibility index (Phi) is 4.59. The number of benzene rings is 1. The van der Waals surface area contributed by atoms with Crippen molar-refractivity contribution in [3.05, 3.63) is 40.0 Å². The molecule has 0 spiro atoms. The van der Waals surface area contributed by atoms with E-state index in [-0.39, 0.29) is 4.99 Å². The number of hydrogen-bond donors (Lipinski definition) is 2. The van der Waals surface area contributed by atoms with Crippen molar-refractivity contribution >= 4 is 40.3 Å². The second-order valence-corrected chi connectivity index (χ2v) is 5.34. The van der Waals surface area contributed by atoms with Crippen molar-refractivity contribution in [2.45, 2.75) is 13.8 Å². The summed E-state index contributed by atoms with van der Waals surface area (Å²) in [5.74, 6) is 1.11. The maximum atomic E-state index is 6.02. The average Bonchev–Trinajstić information content (AvgIpc) is 2.43. The number of halogens is 1. The molecule has 1 heterocycles. The highest BCUT2D eigenvalue weighted by Gasteiger charge is 2.15. The summed E-state index contributed by atoms with van der Waals surface area (Å²) in [5, 5.41) is 11.9. The molecule has 0 amide bonds. The van der Waals surface area contributed by atoms with Gasteiger partial charge in [-0.25, -0.2) is 0 Å². The molecule has 0 aliphatic carbocycles. The van der Waals surface area contributed by atoms with Crippen LogP contribution < -0.4 is 15.8 Å². The zero-order valence-electron chi connectivity index (χ0n) is 11.9. The van der Waals surface area contributed by atoms with Crippen LogP contribution in [0.3, 0.4) is 0 Å². The molecule has 21 heavy (non-hydrogen) atoms. The van der Waals surface area contributed by atoms with Crippen molar-refractivity contribution in [3.63, 3.8) is 0 Å². The number of hydrogen-bond acceptors (Lipinski definition) is 5. The van der Waals surface area contributed by atoms with E-state index in [4.69, 9.17) is 34.3 Å². The zero-order chi connectivity index (χ0) is 15.6. The molecule has 2 rings (SSSR count). The van der Waals surface area contributed by atoms with Crippen molar-refractivity contribution < 1.29 is 4.74 Å². The highest BCUT2D eigenvalue weighted by Crippen LogP contribution is 2.31. The number of nitrogens with two attached hydrogens (primary N) is 1. The minimum absolute atomic E-state index is 0.258. The topological polar surface area (TPSA) is 73.1 Å². The third kappa shape index (κ3) is 3.22. The molecule has 3 N–H and O–H groups in total. The molecule has 2 aromatic rings. The van der Waals surface area contributed by atoms with Crippen LogP contribution in [0.5, 0.6) is 5.75 Å². The number of nitrogens with one attached hydrogen (secondary N) is 1. The van der Waals surface area contributed by atoms with Crippen LogP contribution in [0.1, 0.15) is 16.8 Å². The molecular formula is C14H15ClN4OS. The van der Waals surface area contributed by atoms with Crippen molar-refractivity contribution in [3.8, 4) is 5.75 Å². The number of rotatable bonds is 4. The third-order valence-corrected chi connectivity index (χ3v) is 3.55. The highest BCUT2D eigenvalue weighted by molar-refractivity contribution is 7.80. The van der Waals surface area contributed by atoms with Gasteiger partial charge in [0.2, 0.25) is 0 Å². The molecule has 5 nitrogen and oxygen atoms in total. The molecule has 0 radical (unpaired) electrons. The van der Waals surface area contributed by atoms with Gasteiger partial charge in [0, 0.05) is 5.02 Å². The predicted molar refractivity (Wildman–Crippen MR) is 88.7 cm³/mol. The monoisotopic (exact) mass is 322 g/mol. The zero-order valence-corrected chi connectivity index (χ0v) is 13.5. The SMILES string of the molecule is COc1ccc(Cl)cc1Nc1nnc(C)c(C)c1C(N)=S. The molecule has 0 saturated carbocycles. The molecule has 0 saturated heterocycles. The summed E-state index contributed by atoms with van der Waals surface area (Å²) >= 11 is 11.1. The Morgan fingerprint density at radius 1 is 1.33 bits per heavy atom. The number of ether oxygens (including phenoxy) is 1. The van der Waals surface area contributed by atoms with Crippen LogP contribution in [0.2, 0.25) is 5.02 Å². The molecule has 0 atom stereocenters. The standard InChI is InChI=1S/C14H15ClN4OS/c1-7-8(2)18-19-14(12(7)13(16)21)17-10-6-9(15)4-5-11(10)20-3/h4-6H,1-3H3,(H2,16,21)(H,17,19). The van der Waals surface area contributed by atoms with Gasteiger partial charge in [0.15, 0.2) is 5.82 Å². The van der Waals surface area contributed by atoms with Crippen LogP contribution in [0, 0.1) is 13.8 Å². The van der Waals surface area contributed by atoms with Crippen LogP contribution in [0.15, 0.2) is 18.2 Å². The van der Waals surface area contributed by atoms with E-state index in [1.807, 2.05) is 13.8 Å². The minimum Gasteiger partial charge on any atom is -0.495 e. The van der Waals surface area contributed by atoms with Crippen LogP contribution in [-0.4, -0.2) is 22.3 Å². The third-order valence-electron chi connectivity index (χ3n) is 3.12. The van der Waals surface area contributed by atoms with Crippen molar-refractivity contribution in [2.75, 3.05) is 12.4 Å². The molecule has 0 fully saturated rings. The Morgan fingerprint density at radius 2 is 2.05 bits per heavy atom. The van der Waals surface area contributed by atoms with Crippen molar-refractivity contribution in [1.29, 1.82) is 0 Å². The van der Waals surface area contributed by atoms with E-state index < -0.39 is 0 Å². The summed E-state index contributed by atoms with van der Waals surface area (Å²) in [7, 11) is 1.58. The second kappa shape index (κ2) is 6.24. The molecule has 1 aromatic heterocycles. The van der Waals surface area contributed by atoms with E-state index >= 15 is 0 Å². The van der Waals surface area contributed by atoms with Gasteiger partial charge in [-0.05, 0) is 37.6 Å². The molecule has 0 bridgehead atoms. The Morgan fingerprint density at radius 3 is 2.67 bits per heavy atom. The molecule has 0 aliphatic rings. The molecule has 0 unspecified atom stereocenters. The van der Waals surface area contributed by atoms with Gasteiger partial charge < -0.3 is 15.8 Å². The molecular weight excluding hydrogens is 308 g/mol. The van der Waals surface area contributed by atoms with Crippen molar-refractivity contribution in [1.82, 2.24) is 10.2 Å². The molecule has 0 aliphatic heterocycles. The lowest BCUT2D eigenvalue weighted by Crippen LogP contribution is -2.17. The van der Waals surface area contributed by atoms with Gasteiger partial charge in [-0.3, -0.25) is 0 Å². The number of nitrogens with zero attached hydrogens (tertiary/aromatic N) is 2. The summed E-state index contributed by atoms with van der Waals surface area (Å²) in [6, 6.07) is 5.24. The van der Waals surface area contributed by atoms with E-state index in [0.29, 0.717) is 27.8 Å². The van der Waals surface area contributed by atoms with Crippen molar-refractivity contribution in [2.24, 2.45) is 5.73 Å². The van der Waals surface area contributed by atoms with Crippen LogP contribution in [0.25, 0.3) is 0 Å². The number of aryl methyl sites for hydroxylation is 1. The van der Waals surface area contributed by atoms with E-state index in [2.05, 4.69) is 15.5 Å². The molecule has 1 aromatic carbocycles. The number of thiocarbonyl (C=S) groups is 1. The minimum atomic E-state index is 0.258. The van der Waals surface area contributed by atoms with E-state index in [9.17, 15) is 0 Å². The summed E-state index contributed by atoms with van der Waals surface area (Å²) in [6.45, 7) is 3.76. The average molecular weight is 323 g/mol. The van der Waals surface area contributed by atoms with Crippen LogP contribution in [-0.2, 0) is 0 Å². The Balaban J connectivity index is 2.52. The van der Waals surface area contributed by atoms with Gasteiger partial charge >= 0.3 is 0 Å². The lowest BCUT2D eigenvalue weighted by Gasteiger charge is -2.15. The van der Waals surface area contributed by atoms with Crippen LogP contribution in [0.4, 0.5) is 11.5 Å². The van der Waals surface area contributed by atoms with Crippen LogP contribution >= 0.6 is 23.8 Å². The lowest BCUT2D eigenvalue weighted by molar-refractivity contribution is 0.417. The Bertz CT molecular complexity index is 706. The fourth-order valence-corrected chi connectivity index (χ4v) is 2.32. The fourth-order valence-electron chi connectivity index (χ4n) is 1.90. The summed E-state index contributed by atoms with van der Waals surface area (Å²) in [6.07, 6.45) is 0. The largest absolute Gasteiger partial charge is 0.495 e. The van der Waals surface area contributed by atoms with E-state index in [1.54, 1.807) is 25.3 Å². The van der Waals surface area contributed by atoms with E-state index in [0.717, 1.165) is 11.3 Å². The van der Waals surface area contributed by atoms with Gasteiger partial charge in [0.1, 0.15) is 10.7 Å². The predicted octanol–water partition coefficient (Wildman–Crippen LogP) is 3.13. The smallest absolute Gasteiger partial charge is 0.163 e. The summed E-state index contributed by atoms with van der Waals surface area (Å²) in [4.78, 5) is 0.258. The summed E-state index contributed by atoms with van der Waals surface area (Å²) < 4.78 is 5.29. The first-order chi connectivity index (χ1) is 9.93.